The predicted molar refractivity (Wildman–Crippen MR) is 98.3 cm³/mol. The fourth-order valence-electron chi connectivity index (χ4n) is 3.95. The minimum absolute atomic E-state index is 0.0955. The van der Waals surface area contributed by atoms with Crippen LogP contribution in [-0.4, -0.2) is 46.8 Å². The van der Waals surface area contributed by atoms with Crippen molar-refractivity contribution < 1.29 is 14.4 Å². The van der Waals surface area contributed by atoms with Gasteiger partial charge in [0.1, 0.15) is 12.1 Å². The first-order valence-corrected chi connectivity index (χ1v) is 9.27. The first kappa shape index (κ1) is 18.4. The lowest BCUT2D eigenvalue weighted by molar-refractivity contribution is -0.140. The number of nitrogens with zero attached hydrogens (tertiary/aromatic N) is 2. The van der Waals surface area contributed by atoms with Crippen molar-refractivity contribution in [2.45, 2.75) is 51.6 Å². The van der Waals surface area contributed by atoms with Gasteiger partial charge in [-0.2, -0.15) is 0 Å². The van der Waals surface area contributed by atoms with Crippen LogP contribution in [0.5, 0.6) is 0 Å². The van der Waals surface area contributed by atoms with Crippen LogP contribution in [0.2, 0.25) is 0 Å². The number of urea groups is 1. The minimum atomic E-state index is -0.814. The Labute approximate surface area is 154 Å². The smallest absolute Gasteiger partial charge is 0.325 e. The maximum absolute atomic E-state index is 12.9. The average molecular weight is 357 g/mol. The summed E-state index contributed by atoms with van der Waals surface area (Å²) < 4.78 is 0. The summed E-state index contributed by atoms with van der Waals surface area (Å²) in [6.45, 7) is 4.26. The monoisotopic (exact) mass is 357 g/mol. The van der Waals surface area contributed by atoms with Gasteiger partial charge in [-0.25, -0.2) is 4.79 Å². The molecule has 1 N–H and O–H groups in total. The number of hydrogen-bond acceptors (Lipinski definition) is 3. The maximum atomic E-state index is 12.9. The molecule has 1 aliphatic carbocycles. The van der Waals surface area contributed by atoms with Crippen molar-refractivity contribution in [3.05, 3.63) is 35.4 Å². The molecule has 6 nitrogen and oxygen atoms in total. The molecular weight excluding hydrogens is 330 g/mol. The summed E-state index contributed by atoms with van der Waals surface area (Å²) in [6, 6.07) is 7.51. The van der Waals surface area contributed by atoms with Gasteiger partial charge in [0.15, 0.2) is 0 Å². The van der Waals surface area contributed by atoms with Gasteiger partial charge in [0, 0.05) is 13.6 Å². The van der Waals surface area contributed by atoms with E-state index in [0.29, 0.717) is 13.0 Å². The highest BCUT2D eigenvalue weighted by molar-refractivity contribution is 6.09. The first-order valence-electron chi connectivity index (χ1n) is 9.27. The molecule has 3 rings (SSSR count). The Morgan fingerprint density at radius 2 is 1.96 bits per heavy atom. The van der Waals surface area contributed by atoms with Crippen LogP contribution >= 0.6 is 0 Å². The van der Waals surface area contributed by atoms with Gasteiger partial charge in [-0.1, -0.05) is 49.6 Å². The third-order valence-electron chi connectivity index (χ3n) is 5.76. The molecular formula is C20H27N3O3. The summed E-state index contributed by atoms with van der Waals surface area (Å²) in [4.78, 5) is 40.5. The SMILES string of the molecule is Cc1ccc(CN(C)C(=O)CN2C(=O)N[C@@]3(CCCC[C@H]3C)C2=O)cc1. The summed E-state index contributed by atoms with van der Waals surface area (Å²) in [6.07, 6.45) is 3.57. The van der Waals surface area contributed by atoms with Gasteiger partial charge in [0.2, 0.25) is 5.91 Å². The number of nitrogens with one attached hydrogen (secondary N) is 1. The highest BCUT2D eigenvalue weighted by Crippen LogP contribution is 2.38. The van der Waals surface area contributed by atoms with E-state index in [1.54, 1.807) is 11.9 Å². The lowest BCUT2D eigenvalue weighted by atomic mass is 9.73. The number of hydrogen-bond donors (Lipinski definition) is 1. The molecule has 140 valence electrons. The van der Waals surface area contributed by atoms with Crippen LogP contribution < -0.4 is 5.32 Å². The van der Waals surface area contributed by atoms with Crippen molar-refractivity contribution in [3.63, 3.8) is 0 Å². The van der Waals surface area contributed by atoms with E-state index < -0.39 is 11.6 Å². The van der Waals surface area contributed by atoms with Crippen molar-refractivity contribution >= 4 is 17.8 Å². The van der Waals surface area contributed by atoms with E-state index in [2.05, 4.69) is 5.32 Å². The molecule has 1 aromatic carbocycles. The average Bonchev–Trinajstić information content (AvgIpc) is 2.84. The van der Waals surface area contributed by atoms with Crippen LogP contribution in [-0.2, 0) is 16.1 Å². The summed E-state index contributed by atoms with van der Waals surface area (Å²) in [5, 5.41) is 2.89. The van der Waals surface area contributed by atoms with Gasteiger partial charge in [-0.3, -0.25) is 14.5 Å². The zero-order valence-corrected chi connectivity index (χ0v) is 15.7. The van der Waals surface area contributed by atoms with E-state index in [4.69, 9.17) is 0 Å². The van der Waals surface area contributed by atoms with Crippen LogP contribution in [0.15, 0.2) is 24.3 Å². The molecule has 0 radical (unpaired) electrons. The van der Waals surface area contributed by atoms with E-state index in [1.165, 1.54) is 0 Å². The fraction of sp³-hybridized carbons (Fsp3) is 0.550. The van der Waals surface area contributed by atoms with Gasteiger partial charge < -0.3 is 10.2 Å². The molecule has 1 aliphatic heterocycles. The van der Waals surface area contributed by atoms with E-state index in [0.717, 1.165) is 35.3 Å². The molecule has 2 fully saturated rings. The fourth-order valence-corrected chi connectivity index (χ4v) is 3.95. The normalized spacial score (nSPS) is 25.5. The standard InChI is InChI=1S/C20H27N3O3/c1-14-7-9-16(10-8-14)12-22(3)17(24)13-23-18(25)20(21-19(23)26)11-5-4-6-15(20)2/h7-10,15H,4-6,11-13H2,1-3H3,(H,21,26)/t15-,20-/m1/s1. The van der Waals surface area contributed by atoms with Crippen molar-refractivity contribution in [1.82, 2.24) is 15.1 Å². The second-order valence-corrected chi connectivity index (χ2v) is 7.68. The third kappa shape index (κ3) is 3.32. The Hall–Kier alpha value is -2.37. The van der Waals surface area contributed by atoms with Crippen molar-refractivity contribution in [3.8, 4) is 0 Å². The lowest BCUT2D eigenvalue weighted by Crippen LogP contribution is -2.54. The molecule has 0 aromatic heterocycles. The van der Waals surface area contributed by atoms with Crippen molar-refractivity contribution in [1.29, 1.82) is 0 Å². The van der Waals surface area contributed by atoms with Crippen LogP contribution in [0.4, 0.5) is 4.79 Å². The van der Waals surface area contributed by atoms with Gasteiger partial charge >= 0.3 is 6.03 Å². The number of carbonyl (C=O) groups is 3. The molecule has 1 spiro atoms. The second-order valence-electron chi connectivity index (χ2n) is 7.68. The summed E-state index contributed by atoms with van der Waals surface area (Å²) in [5.41, 5.74) is 1.36. The number of rotatable bonds is 4. The van der Waals surface area contributed by atoms with Crippen molar-refractivity contribution in [2.75, 3.05) is 13.6 Å². The first-order chi connectivity index (χ1) is 12.3. The molecule has 1 saturated carbocycles. The van der Waals surface area contributed by atoms with Gasteiger partial charge in [-0.05, 0) is 31.2 Å². The van der Waals surface area contributed by atoms with E-state index in [-0.39, 0.29) is 24.3 Å². The predicted octanol–water partition coefficient (Wildman–Crippen LogP) is 2.45. The summed E-state index contributed by atoms with van der Waals surface area (Å²) in [7, 11) is 1.69. The van der Waals surface area contributed by atoms with E-state index >= 15 is 0 Å². The number of likely N-dealkylation sites (N-methyl/N-ethyl adjacent to an activating group) is 1. The maximum Gasteiger partial charge on any atom is 0.325 e. The Morgan fingerprint density at radius 3 is 2.62 bits per heavy atom. The summed E-state index contributed by atoms with van der Waals surface area (Å²) >= 11 is 0. The molecule has 0 bridgehead atoms. The Morgan fingerprint density at radius 1 is 1.27 bits per heavy atom. The van der Waals surface area contributed by atoms with Crippen LogP contribution in [0, 0.1) is 12.8 Å². The highest BCUT2D eigenvalue weighted by Gasteiger charge is 2.55. The van der Waals surface area contributed by atoms with Gasteiger partial charge in [-0.15, -0.1) is 0 Å². The van der Waals surface area contributed by atoms with E-state index in [1.807, 2.05) is 38.1 Å². The van der Waals surface area contributed by atoms with Crippen LogP contribution in [0.3, 0.4) is 0 Å². The topological polar surface area (TPSA) is 69.7 Å². The number of amides is 4. The number of benzene rings is 1. The minimum Gasteiger partial charge on any atom is -0.340 e. The largest absolute Gasteiger partial charge is 0.340 e. The van der Waals surface area contributed by atoms with E-state index in [9.17, 15) is 14.4 Å². The molecule has 2 aliphatic rings. The quantitative estimate of drug-likeness (QED) is 0.842. The Balaban J connectivity index is 1.66. The highest BCUT2D eigenvalue weighted by atomic mass is 16.2. The Kier molecular flexibility index (Phi) is 5.03. The van der Waals surface area contributed by atoms with Gasteiger partial charge in [0.05, 0.1) is 0 Å². The molecule has 4 amide bonds. The van der Waals surface area contributed by atoms with Gasteiger partial charge in [0.25, 0.3) is 5.91 Å². The molecule has 1 aromatic rings. The zero-order valence-electron chi connectivity index (χ0n) is 15.7. The number of aryl methyl sites for hydroxylation is 1. The molecule has 1 saturated heterocycles. The molecule has 2 atom stereocenters. The number of carbonyl (C=O) groups excluding carboxylic acids is 3. The van der Waals surface area contributed by atoms with Crippen molar-refractivity contribution in [2.24, 2.45) is 5.92 Å². The molecule has 0 unspecified atom stereocenters. The molecule has 1 heterocycles. The van der Waals surface area contributed by atoms with Crippen LogP contribution in [0.25, 0.3) is 0 Å². The third-order valence-corrected chi connectivity index (χ3v) is 5.76. The van der Waals surface area contributed by atoms with Crippen LogP contribution in [0.1, 0.15) is 43.7 Å². The number of imide groups is 1. The Bertz CT molecular complexity index is 716. The summed E-state index contributed by atoms with van der Waals surface area (Å²) in [5.74, 6) is -0.389. The second kappa shape index (κ2) is 7.09. The lowest BCUT2D eigenvalue weighted by Gasteiger charge is -2.36. The molecule has 6 heteroatoms. The zero-order chi connectivity index (χ0) is 18.9. The molecule has 26 heavy (non-hydrogen) atoms.